The van der Waals surface area contributed by atoms with Gasteiger partial charge < -0.3 is 70.2 Å². The van der Waals surface area contributed by atoms with Crippen LogP contribution in [0.1, 0.15) is 65.2 Å². The van der Waals surface area contributed by atoms with E-state index in [2.05, 4.69) is 64.2 Å². The second kappa shape index (κ2) is 39.6. The van der Waals surface area contributed by atoms with E-state index >= 15 is 0 Å². The fourth-order valence-electron chi connectivity index (χ4n) is 9.81. The maximum Gasteiger partial charge on any atom is 0.407 e. The lowest BCUT2D eigenvalue weighted by molar-refractivity contribution is -0.131. The number of carboxylic acid groups (broad SMARTS) is 3. The van der Waals surface area contributed by atoms with Crippen LogP contribution in [-0.2, 0) is 53.6 Å². The topological polar surface area (TPSA) is 439 Å². The van der Waals surface area contributed by atoms with E-state index < -0.39 is 86.4 Å². The van der Waals surface area contributed by atoms with Crippen LogP contribution in [0, 0.1) is 5.41 Å². The van der Waals surface area contributed by atoms with E-state index in [-0.39, 0.29) is 103 Å². The summed E-state index contributed by atoms with van der Waals surface area (Å²) in [5.74, 6) is -5.14. The molecule has 94 heavy (non-hydrogen) atoms. The zero-order valence-corrected chi connectivity index (χ0v) is 54.5. The Kier molecular flexibility index (Phi) is 32.3. The molecule has 3 aromatic rings. The molecule has 3 heterocycles. The van der Waals surface area contributed by atoms with Crippen molar-refractivity contribution in [2.45, 2.75) is 77.3 Å². The Hall–Kier alpha value is -8.03. The van der Waals surface area contributed by atoms with Gasteiger partial charge in [-0.15, -0.1) is 10.6 Å². The van der Waals surface area contributed by atoms with E-state index in [1.54, 1.807) is 0 Å². The number of nitrogens with zero attached hydrogens (tertiary/aromatic N) is 7. The molecule has 0 radical (unpaired) electrons. The Morgan fingerprint density at radius 2 is 1.09 bits per heavy atom. The minimum Gasteiger partial charge on any atom is -0.478 e. The van der Waals surface area contributed by atoms with Gasteiger partial charge in [-0.05, 0) is 62.1 Å². The van der Waals surface area contributed by atoms with Crippen LogP contribution in [0.5, 0.6) is 5.88 Å². The van der Waals surface area contributed by atoms with Crippen LogP contribution >= 0.6 is 0 Å². The Bertz CT molecular complexity index is 3090. The van der Waals surface area contributed by atoms with Crippen LogP contribution in [0.25, 0.3) is 22.4 Å². The summed E-state index contributed by atoms with van der Waals surface area (Å²) in [7, 11) is -10.0. The van der Waals surface area contributed by atoms with Crippen molar-refractivity contribution in [2.75, 3.05) is 136 Å². The highest BCUT2D eigenvalue weighted by atomic mass is 32.2. The lowest BCUT2D eigenvalue weighted by atomic mass is 9.85. The van der Waals surface area contributed by atoms with Gasteiger partial charge in [0.05, 0.1) is 45.3 Å². The molecule has 0 saturated carbocycles. The SMILES string of the molecule is CC(C)(CCCCOc1cc(-c2ccccc2)cc(-c2ccccc2)n1)C1=NNNN1CCCCC(=O)NCCCOCCOCCOCCCNC(=O)[C@H](CS(=O)(=O)O)NC(=O)[C@H](CS(=O)(=O)O)NC(=O)CN1CCN(C(=O)O)CCN(C(=O)O)CCN(C(=O)O)CC1. The van der Waals surface area contributed by atoms with Crippen molar-refractivity contribution in [2.24, 2.45) is 10.5 Å². The normalized spacial score (nSPS) is 15.1. The molecular weight excluding hydrogens is 1270 g/mol. The molecule has 0 unspecified atom stereocenters. The van der Waals surface area contributed by atoms with Crippen molar-refractivity contribution in [3.8, 4) is 28.3 Å². The van der Waals surface area contributed by atoms with Crippen molar-refractivity contribution >= 4 is 68.0 Å². The van der Waals surface area contributed by atoms with E-state index in [4.69, 9.17) is 23.9 Å². The molecule has 2 aliphatic heterocycles. The molecule has 0 aliphatic carbocycles. The number of hydrogen-bond donors (Lipinski definition) is 11. The standard InChI is InChI=1S/C59H89N13O20S2/c1-59(2,20-10-12-34-92-52-40-46(44-15-5-3-6-16-44)39-47(63-52)45-17-7-4-8-18-45)55-65-66-67-72(55)23-11-9-19-50(73)60-21-13-32-89-35-37-91-38-36-90-33-14-22-61-53(75)48(42-93(83,84)85)64-54(76)49(43-94(86,87)88)62-51(74)41-68-24-26-69(56(77)78)28-30-71(58(81)82)31-29-70(27-25-68)57(79)80/h3-8,15-18,39-40,48-49,66-67H,9-14,19-38,41-43H2,1-2H3,(H,60,73)(H,61,75)(H,62,74)(H,64,76)(H,77,78)(H,79,80)(H,81,82)(H,83,84,85)(H,86,87,88)/t48-,49-/m0/s1. The molecule has 35 heteroatoms. The Balaban J connectivity index is 0.900. The van der Waals surface area contributed by atoms with Gasteiger partial charge in [0, 0.05) is 109 Å². The van der Waals surface area contributed by atoms with Gasteiger partial charge in [0.2, 0.25) is 29.5 Å². The maximum absolute atomic E-state index is 13.4. The van der Waals surface area contributed by atoms with Crippen LogP contribution in [-0.4, -0.2) is 267 Å². The van der Waals surface area contributed by atoms with Crippen molar-refractivity contribution < 1.29 is 93.8 Å². The summed E-state index contributed by atoms with van der Waals surface area (Å²) in [4.78, 5) is 96.6. The zero-order chi connectivity index (χ0) is 68.5. The molecule has 1 aromatic heterocycles. The molecule has 1 fully saturated rings. The number of carbonyl (C=O) groups excluding carboxylic acids is 4. The van der Waals surface area contributed by atoms with Crippen LogP contribution in [0.15, 0.2) is 77.9 Å². The summed E-state index contributed by atoms with van der Waals surface area (Å²) in [6, 6.07) is 20.1. The third-order valence-corrected chi connectivity index (χ3v) is 16.3. The number of amides is 7. The highest BCUT2D eigenvalue weighted by molar-refractivity contribution is 7.86. The maximum atomic E-state index is 13.4. The first-order valence-corrected chi connectivity index (χ1v) is 34.0. The van der Waals surface area contributed by atoms with Gasteiger partial charge in [-0.25, -0.2) is 24.9 Å². The number of ether oxygens (including phenoxy) is 4. The summed E-state index contributed by atoms with van der Waals surface area (Å²) in [5.41, 5.74) is 9.77. The molecule has 5 rings (SSSR count). The van der Waals surface area contributed by atoms with Crippen LogP contribution in [0.3, 0.4) is 0 Å². The number of amidine groups is 1. The van der Waals surface area contributed by atoms with Crippen molar-refractivity contribution in [3.63, 3.8) is 0 Å². The number of hydrogen-bond acceptors (Lipinski definition) is 21. The fourth-order valence-corrected chi connectivity index (χ4v) is 11.1. The molecule has 1 saturated heterocycles. The molecule has 11 N–H and O–H groups in total. The van der Waals surface area contributed by atoms with E-state index in [0.29, 0.717) is 58.1 Å². The summed E-state index contributed by atoms with van der Waals surface area (Å²) in [6.07, 6.45) is 0.942. The number of rotatable bonds is 38. The smallest absolute Gasteiger partial charge is 0.407 e. The molecule has 7 amide bonds. The molecule has 2 aromatic carbocycles. The summed E-state index contributed by atoms with van der Waals surface area (Å²) < 4.78 is 89.8. The third-order valence-electron chi connectivity index (χ3n) is 14.8. The summed E-state index contributed by atoms with van der Waals surface area (Å²) >= 11 is 0. The number of nitrogens with one attached hydrogen (secondary N) is 6. The predicted octanol–water partition coefficient (Wildman–Crippen LogP) is 1.86. The van der Waals surface area contributed by atoms with Gasteiger partial charge in [0.25, 0.3) is 20.2 Å². The molecule has 2 atom stereocenters. The lowest BCUT2D eigenvalue weighted by Crippen LogP contribution is -2.58. The number of hydrazone groups is 1. The first-order valence-electron chi connectivity index (χ1n) is 30.8. The molecule has 0 spiro atoms. The number of hydrazine groups is 2. The fraction of sp³-hybridized carbons (Fsp3) is 0.576. The monoisotopic (exact) mass is 1360 g/mol. The second-order valence-electron chi connectivity index (χ2n) is 22.7. The second-order valence-corrected chi connectivity index (χ2v) is 25.7. The number of carbonyl (C=O) groups is 7. The van der Waals surface area contributed by atoms with Crippen LogP contribution in [0.2, 0.25) is 0 Å². The van der Waals surface area contributed by atoms with Gasteiger partial charge >= 0.3 is 18.3 Å². The lowest BCUT2D eigenvalue weighted by Gasteiger charge is -2.32. The molecule has 33 nitrogen and oxygen atoms in total. The molecule has 0 bridgehead atoms. The van der Waals surface area contributed by atoms with Gasteiger partial charge in [-0.1, -0.05) is 74.5 Å². The number of aromatic nitrogens is 1. The molecule has 522 valence electrons. The number of benzene rings is 2. The van der Waals surface area contributed by atoms with E-state index in [1.807, 2.05) is 64.9 Å². The quantitative estimate of drug-likeness (QED) is 0.0288. The number of pyridine rings is 1. The first-order chi connectivity index (χ1) is 44.8. The minimum atomic E-state index is -5.07. The average molecular weight is 1360 g/mol. The predicted molar refractivity (Wildman–Crippen MR) is 342 cm³/mol. The number of unbranched alkanes of at least 4 members (excludes halogenated alkanes) is 2. The summed E-state index contributed by atoms with van der Waals surface area (Å²) in [6.45, 7) is 4.16. The van der Waals surface area contributed by atoms with E-state index in [9.17, 15) is 74.8 Å². The van der Waals surface area contributed by atoms with Gasteiger partial charge in [0.15, 0.2) is 0 Å². The van der Waals surface area contributed by atoms with Crippen molar-refractivity contribution in [1.29, 1.82) is 0 Å². The minimum absolute atomic E-state index is 0.0506. The highest BCUT2D eigenvalue weighted by Gasteiger charge is 2.34. The van der Waals surface area contributed by atoms with Gasteiger partial charge in [-0.3, -0.25) is 38.2 Å². The highest BCUT2D eigenvalue weighted by Crippen LogP contribution is 2.30. The van der Waals surface area contributed by atoms with E-state index in [0.717, 1.165) is 68.6 Å². The Morgan fingerprint density at radius 3 is 1.63 bits per heavy atom. The Morgan fingerprint density at radius 1 is 0.574 bits per heavy atom. The third kappa shape index (κ3) is 29.5. The van der Waals surface area contributed by atoms with Gasteiger partial charge in [-0.2, -0.15) is 16.8 Å². The van der Waals surface area contributed by atoms with Crippen LogP contribution in [0.4, 0.5) is 14.4 Å². The van der Waals surface area contributed by atoms with Crippen molar-refractivity contribution in [1.82, 2.24) is 61.9 Å². The van der Waals surface area contributed by atoms with E-state index in [1.165, 1.54) is 4.90 Å². The largest absolute Gasteiger partial charge is 0.478 e. The first kappa shape index (κ1) is 76.7. The van der Waals surface area contributed by atoms with Gasteiger partial charge in [0.1, 0.15) is 29.4 Å². The molecule has 2 aliphatic rings. The Labute approximate surface area is 546 Å². The average Bonchev–Trinajstić information content (AvgIpc) is 1.31. The van der Waals surface area contributed by atoms with Crippen LogP contribution < -0.4 is 37.1 Å². The van der Waals surface area contributed by atoms with Crippen molar-refractivity contribution in [3.05, 3.63) is 72.8 Å². The zero-order valence-electron chi connectivity index (χ0n) is 52.9. The molecular formula is C59H89N13O20S2. The summed E-state index contributed by atoms with van der Waals surface area (Å²) in [5, 5.41) is 44.8.